The van der Waals surface area contributed by atoms with Gasteiger partial charge >= 0.3 is 5.97 Å². The van der Waals surface area contributed by atoms with Gasteiger partial charge in [0.25, 0.3) is 0 Å². The molecule has 0 radical (unpaired) electrons. The average molecular weight is 252 g/mol. The van der Waals surface area contributed by atoms with E-state index in [1.807, 2.05) is 0 Å². The minimum Gasteiger partial charge on any atom is -0.477 e. The van der Waals surface area contributed by atoms with Gasteiger partial charge in [-0.1, -0.05) is 0 Å². The molecule has 0 aliphatic carbocycles. The maximum absolute atomic E-state index is 13.3. The van der Waals surface area contributed by atoms with Crippen LogP contribution in [0.15, 0.2) is 0 Å². The third-order valence-electron chi connectivity index (χ3n) is 2.15. The van der Waals surface area contributed by atoms with E-state index in [1.54, 1.807) is 0 Å². The molecule has 1 aromatic carbocycles. The van der Waals surface area contributed by atoms with Crippen molar-refractivity contribution in [1.82, 2.24) is 0 Å². The van der Waals surface area contributed by atoms with Crippen LogP contribution in [0.1, 0.15) is 22.3 Å². The van der Waals surface area contributed by atoms with Gasteiger partial charge in [0.1, 0.15) is 5.56 Å². The topological polar surface area (TPSA) is 57.5 Å². The molecule has 3 nitrogen and oxygen atoms in total. The summed E-state index contributed by atoms with van der Waals surface area (Å²) in [5.41, 5.74) is -2.56. The number of halogens is 4. The van der Waals surface area contributed by atoms with Crippen LogP contribution in [0.2, 0.25) is 0 Å². The number of hydrogen-bond acceptors (Lipinski definition) is 2. The third-order valence-corrected chi connectivity index (χ3v) is 2.15. The summed E-state index contributed by atoms with van der Waals surface area (Å²) >= 11 is 0. The van der Waals surface area contributed by atoms with Gasteiger partial charge in [0, 0.05) is 12.2 Å². The quantitative estimate of drug-likeness (QED) is 0.635. The Morgan fingerprint density at radius 2 is 1.47 bits per heavy atom. The molecule has 0 bridgehead atoms. The first kappa shape index (κ1) is 13.4. The number of rotatable bonds is 4. The van der Waals surface area contributed by atoms with Gasteiger partial charge in [-0.2, -0.15) is 0 Å². The van der Waals surface area contributed by atoms with Gasteiger partial charge in [0.15, 0.2) is 23.3 Å². The first-order valence-electron chi connectivity index (χ1n) is 4.60. The second kappa shape index (κ2) is 5.13. The SMILES string of the molecule is O=C(O)c1c(F)c(F)c(CCCO)c(F)c1F. The summed E-state index contributed by atoms with van der Waals surface area (Å²) in [4.78, 5) is 10.4. The fourth-order valence-corrected chi connectivity index (χ4v) is 1.34. The van der Waals surface area contributed by atoms with Crippen LogP contribution in [0, 0.1) is 23.3 Å². The molecular weight excluding hydrogens is 244 g/mol. The Morgan fingerprint density at radius 3 is 1.82 bits per heavy atom. The molecule has 1 rings (SSSR count). The number of aliphatic hydroxyl groups is 1. The summed E-state index contributed by atoms with van der Waals surface area (Å²) in [5, 5.41) is 16.9. The predicted molar refractivity (Wildman–Crippen MR) is 48.6 cm³/mol. The molecule has 2 N–H and O–H groups in total. The second-order valence-corrected chi connectivity index (χ2v) is 3.24. The Hall–Kier alpha value is -1.63. The Bertz CT molecular complexity index is 430. The minimum absolute atomic E-state index is 0.0981. The standard InChI is InChI=1S/C10H8F4O3/c11-6-4(2-1-3-15)7(12)9(14)5(8(6)13)10(16)17/h15H,1-3H2,(H,16,17). The van der Waals surface area contributed by atoms with E-state index in [0.29, 0.717) is 0 Å². The molecule has 1 aromatic rings. The zero-order valence-electron chi connectivity index (χ0n) is 8.44. The van der Waals surface area contributed by atoms with Crippen molar-refractivity contribution in [2.24, 2.45) is 0 Å². The molecule has 0 aliphatic heterocycles. The summed E-state index contributed by atoms with van der Waals surface area (Å²) < 4.78 is 52.8. The van der Waals surface area contributed by atoms with Crippen LogP contribution in [-0.2, 0) is 6.42 Å². The zero-order chi connectivity index (χ0) is 13.2. The van der Waals surface area contributed by atoms with Crippen molar-refractivity contribution in [3.8, 4) is 0 Å². The largest absolute Gasteiger partial charge is 0.477 e. The van der Waals surface area contributed by atoms with Gasteiger partial charge in [0.2, 0.25) is 0 Å². The molecule has 94 valence electrons. The zero-order valence-corrected chi connectivity index (χ0v) is 8.44. The van der Waals surface area contributed by atoms with Crippen LogP contribution >= 0.6 is 0 Å². The van der Waals surface area contributed by atoms with Crippen LogP contribution < -0.4 is 0 Å². The van der Waals surface area contributed by atoms with E-state index in [4.69, 9.17) is 10.2 Å². The van der Waals surface area contributed by atoms with Gasteiger partial charge in [-0.05, 0) is 12.8 Å². The molecule has 0 amide bonds. The van der Waals surface area contributed by atoms with Gasteiger partial charge in [-0.3, -0.25) is 0 Å². The Labute approximate surface area is 93.3 Å². The van der Waals surface area contributed by atoms with Crippen molar-refractivity contribution in [2.75, 3.05) is 6.61 Å². The lowest BCUT2D eigenvalue weighted by molar-refractivity contribution is 0.0683. The van der Waals surface area contributed by atoms with Crippen LogP contribution in [-0.4, -0.2) is 22.8 Å². The fraction of sp³-hybridized carbons (Fsp3) is 0.300. The highest BCUT2D eigenvalue weighted by Crippen LogP contribution is 2.25. The van der Waals surface area contributed by atoms with Crippen molar-refractivity contribution in [3.05, 3.63) is 34.4 Å². The van der Waals surface area contributed by atoms with Crippen LogP contribution in [0.4, 0.5) is 17.6 Å². The van der Waals surface area contributed by atoms with Gasteiger partial charge < -0.3 is 10.2 Å². The van der Waals surface area contributed by atoms with Crippen LogP contribution in [0.3, 0.4) is 0 Å². The van der Waals surface area contributed by atoms with Crippen LogP contribution in [0.5, 0.6) is 0 Å². The van der Waals surface area contributed by atoms with Crippen molar-refractivity contribution in [1.29, 1.82) is 0 Å². The third kappa shape index (κ3) is 2.38. The molecule has 0 heterocycles. The molecule has 0 atom stereocenters. The summed E-state index contributed by atoms with van der Waals surface area (Å²) in [5.74, 6) is -9.45. The number of carboxylic acid groups (broad SMARTS) is 1. The van der Waals surface area contributed by atoms with Crippen molar-refractivity contribution in [2.45, 2.75) is 12.8 Å². The number of aliphatic hydroxyl groups excluding tert-OH is 1. The van der Waals surface area contributed by atoms with Crippen molar-refractivity contribution >= 4 is 5.97 Å². The van der Waals surface area contributed by atoms with E-state index in [9.17, 15) is 22.4 Å². The number of aromatic carboxylic acids is 1. The van der Waals surface area contributed by atoms with E-state index >= 15 is 0 Å². The number of benzene rings is 1. The smallest absolute Gasteiger partial charge is 0.341 e. The highest BCUT2D eigenvalue weighted by molar-refractivity contribution is 5.88. The number of carbonyl (C=O) groups is 1. The van der Waals surface area contributed by atoms with Gasteiger partial charge in [-0.25, -0.2) is 22.4 Å². The first-order chi connectivity index (χ1) is 7.91. The monoisotopic (exact) mass is 252 g/mol. The molecule has 0 spiro atoms. The molecule has 0 saturated heterocycles. The lowest BCUT2D eigenvalue weighted by atomic mass is 10.0. The van der Waals surface area contributed by atoms with Crippen LogP contribution in [0.25, 0.3) is 0 Å². The number of hydrogen-bond donors (Lipinski definition) is 2. The van der Waals surface area contributed by atoms with E-state index in [-0.39, 0.29) is 6.42 Å². The molecular formula is C10H8F4O3. The molecule has 17 heavy (non-hydrogen) atoms. The van der Waals surface area contributed by atoms with Gasteiger partial charge in [0.05, 0.1) is 0 Å². The van der Waals surface area contributed by atoms with E-state index in [0.717, 1.165) is 0 Å². The lowest BCUT2D eigenvalue weighted by Crippen LogP contribution is -2.13. The molecule has 0 aromatic heterocycles. The maximum atomic E-state index is 13.3. The summed E-state index contributed by atoms with van der Waals surface area (Å²) in [6.07, 6.45) is -0.527. The Kier molecular flexibility index (Phi) is 4.06. The molecule has 7 heteroatoms. The predicted octanol–water partition coefficient (Wildman–Crippen LogP) is 1.87. The fourth-order valence-electron chi connectivity index (χ4n) is 1.34. The average Bonchev–Trinajstić information content (AvgIpc) is 2.26. The Balaban J connectivity index is 3.41. The first-order valence-corrected chi connectivity index (χ1v) is 4.60. The van der Waals surface area contributed by atoms with E-state index < -0.39 is 53.4 Å². The van der Waals surface area contributed by atoms with E-state index in [1.165, 1.54) is 0 Å². The highest BCUT2D eigenvalue weighted by atomic mass is 19.2. The Morgan fingerprint density at radius 1 is 1.00 bits per heavy atom. The minimum atomic E-state index is -2.09. The lowest BCUT2D eigenvalue weighted by Gasteiger charge is -2.08. The van der Waals surface area contributed by atoms with Gasteiger partial charge in [-0.15, -0.1) is 0 Å². The highest BCUT2D eigenvalue weighted by Gasteiger charge is 2.28. The molecule has 0 saturated carbocycles. The summed E-state index contributed by atoms with van der Waals surface area (Å²) in [6, 6.07) is 0. The maximum Gasteiger partial charge on any atom is 0.341 e. The summed E-state index contributed by atoms with van der Waals surface area (Å²) in [7, 11) is 0. The number of carboxylic acids is 1. The second-order valence-electron chi connectivity index (χ2n) is 3.24. The molecule has 0 fully saturated rings. The molecule has 0 aliphatic rings. The molecule has 0 unspecified atom stereocenters. The normalized spacial score (nSPS) is 10.6. The summed E-state index contributed by atoms with van der Waals surface area (Å²) in [6.45, 7) is -0.414. The van der Waals surface area contributed by atoms with Crippen molar-refractivity contribution < 1.29 is 32.6 Å². The van der Waals surface area contributed by atoms with E-state index in [2.05, 4.69) is 0 Å². The van der Waals surface area contributed by atoms with Crippen molar-refractivity contribution in [3.63, 3.8) is 0 Å².